The lowest BCUT2D eigenvalue weighted by Crippen LogP contribution is -2.09. The van der Waals surface area contributed by atoms with Gasteiger partial charge in [0.15, 0.2) is 0 Å². The maximum absolute atomic E-state index is 4.62. The lowest BCUT2D eigenvalue weighted by Gasteiger charge is -2.16. The van der Waals surface area contributed by atoms with Crippen LogP contribution in [-0.4, -0.2) is 16.5 Å². The number of nitrogens with zero attached hydrogens (tertiary/aromatic N) is 2. The topological polar surface area (TPSA) is 49.8 Å². The normalized spacial score (nSPS) is 10.5. The van der Waals surface area contributed by atoms with Crippen molar-refractivity contribution in [2.45, 2.75) is 34.1 Å². The zero-order chi connectivity index (χ0) is 15.4. The van der Waals surface area contributed by atoms with Crippen molar-refractivity contribution in [1.29, 1.82) is 0 Å². The zero-order valence-corrected chi connectivity index (χ0v) is 14.5. The van der Waals surface area contributed by atoms with Gasteiger partial charge < -0.3 is 10.6 Å². The number of rotatable bonds is 5. The zero-order valence-electron chi connectivity index (χ0n) is 12.9. The Morgan fingerprint density at radius 2 is 1.76 bits per heavy atom. The highest BCUT2D eigenvalue weighted by Gasteiger charge is 2.11. The highest BCUT2D eigenvalue weighted by atomic mass is 79.9. The van der Waals surface area contributed by atoms with Gasteiger partial charge in [-0.15, -0.1) is 0 Å². The van der Waals surface area contributed by atoms with E-state index in [1.165, 1.54) is 5.56 Å². The van der Waals surface area contributed by atoms with Crippen LogP contribution in [0, 0.1) is 13.8 Å². The molecule has 21 heavy (non-hydrogen) atoms. The molecular formula is C16H21BrN4. The molecule has 0 spiro atoms. The summed E-state index contributed by atoms with van der Waals surface area (Å²) in [7, 11) is 0. The van der Waals surface area contributed by atoms with Crippen LogP contribution in [0.3, 0.4) is 0 Å². The predicted molar refractivity (Wildman–Crippen MR) is 92.5 cm³/mol. The smallest absolute Gasteiger partial charge is 0.139 e. The van der Waals surface area contributed by atoms with Gasteiger partial charge in [0.1, 0.15) is 17.5 Å². The molecule has 0 aliphatic rings. The predicted octanol–water partition coefficient (Wildman–Crippen LogP) is 4.59. The molecule has 0 atom stereocenters. The Morgan fingerprint density at radius 3 is 2.43 bits per heavy atom. The molecule has 1 aromatic carbocycles. The van der Waals surface area contributed by atoms with Crippen molar-refractivity contribution in [2.75, 3.05) is 17.2 Å². The quantitative estimate of drug-likeness (QED) is 0.829. The summed E-state index contributed by atoms with van der Waals surface area (Å²) in [5.74, 6) is 2.60. The minimum Gasteiger partial charge on any atom is -0.370 e. The van der Waals surface area contributed by atoms with Gasteiger partial charge >= 0.3 is 0 Å². The van der Waals surface area contributed by atoms with E-state index in [2.05, 4.69) is 63.4 Å². The lowest BCUT2D eigenvalue weighted by molar-refractivity contribution is 0.929. The van der Waals surface area contributed by atoms with E-state index in [1.54, 1.807) is 0 Å². The summed E-state index contributed by atoms with van der Waals surface area (Å²) >= 11 is 3.56. The van der Waals surface area contributed by atoms with Crippen molar-refractivity contribution < 1.29 is 0 Å². The minimum absolute atomic E-state index is 0.810. The second-order valence-electron chi connectivity index (χ2n) is 4.88. The van der Waals surface area contributed by atoms with Crippen LogP contribution in [0.2, 0.25) is 0 Å². The van der Waals surface area contributed by atoms with E-state index in [9.17, 15) is 0 Å². The second kappa shape index (κ2) is 6.89. The number of benzene rings is 1. The van der Waals surface area contributed by atoms with Crippen LogP contribution in [0.4, 0.5) is 17.3 Å². The number of aryl methyl sites for hydroxylation is 1. The lowest BCUT2D eigenvalue weighted by atomic mass is 10.2. The summed E-state index contributed by atoms with van der Waals surface area (Å²) in [6.45, 7) is 9.09. The van der Waals surface area contributed by atoms with Crippen LogP contribution in [0.5, 0.6) is 0 Å². The Labute approximate surface area is 134 Å². The molecule has 0 aliphatic carbocycles. The van der Waals surface area contributed by atoms with Gasteiger partial charge in [0, 0.05) is 28.7 Å². The van der Waals surface area contributed by atoms with Gasteiger partial charge in [-0.3, -0.25) is 0 Å². The molecule has 2 N–H and O–H groups in total. The molecule has 5 heteroatoms. The van der Waals surface area contributed by atoms with Gasteiger partial charge in [-0.1, -0.05) is 28.9 Å². The maximum atomic E-state index is 4.62. The van der Waals surface area contributed by atoms with Gasteiger partial charge in [0.2, 0.25) is 0 Å². The molecule has 2 aromatic rings. The first-order valence-electron chi connectivity index (χ1n) is 7.20. The van der Waals surface area contributed by atoms with Crippen molar-refractivity contribution in [3.63, 3.8) is 0 Å². The second-order valence-corrected chi connectivity index (χ2v) is 5.74. The number of hydrogen-bond acceptors (Lipinski definition) is 4. The average molecular weight is 349 g/mol. The van der Waals surface area contributed by atoms with E-state index in [0.29, 0.717) is 0 Å². The Hall–Kier alpha value is -1.62. The summed E-state index contributed by atoms with van der Waals surface area (Å²) < 4.78 is 1.09. The van der Waals surface area contributed by atoms with Gasteiger partial charge in [0.05, 0.1) is 0 Å². The molecule has 0 saturated carbocycles. The summed E-state index contributed by atoms with van der Waals surface area (Å²) in [5.41, 5.74) is 3.25. The van der Waals surface area contributed by atoms with Crippen LogP contribution in [0.25, 0.3) is 0 Å². The maximum Gasteiger partial charge on any atom is 0.139 e. The Kier molecular flexibility index (Phi) is 5.17. The van der Waals surface area contributed by atoms with E-state index in [-0.39, 0.29) is 0 Å². The molecule has 0 aliphatic heterocycles. The first-order chi connectivity index (χ1) is 10.1. The first-order valence-corrected chi connectivity index (χ1v) is 7.99. The fraction of sp³-hybridized carbons (Fsp3) is 0.375. The first kappa shape index (κ1) is 15.8. The molecule has 0 amide bonds. The monoisotopic (exact) mass is 348 g/mol. The average Bonchev–Trinajstić information content (AvgIpc) is 2.48. The third kappa shape index (κ3) is 3.53. The van der Waals surface area contributed by atoms with E-state index >= 15 is 0 Å². The van der Waals surface area contributed by atoms with Crippen LogP contribution < -0.4 is 10.6 Å². The Balaban J connectivity index is 2.43. The molecule has 0 unspecified atom stereocenters. The number of halogens is 1. The van der Waals surface area contributed by atoms with Gasteiger partial charge in [-0.25, -0.2) is 9.97 Å². The number of anilines is 3. The van der Waals surface area contributed by atoms with Crippen LogP contribution in [0.15, 0.2) is 22.7 Å². The van der Waals surface area contributed by atoms with E-state index in [1.807, 2.05) is 19.1 Å². The molecule has 1 aromatic heterocycles. The molecule has 0 fully saturated rings. The van der Waals surface area contributed by atoms with Crippen molar-refractivity contribution in [3.05, 3.63) is 39.6 Å². The SMILES string of the molecule is CCNc1nc(CC)nc(Nc2cccc(Br)c2C)c1C. The van der Waals surface area contributed by atoms with E-state index in [0.717, 1.165) is 46.1 Å². The van der Waals surface area contributed by atoms with Crippen LogP contribution in [-0.2, 0) is 6.42 Å². The third-order valence-electron chi connectivity index (χ3n) is 3.37. The molecule has 4 nitrogen and oxygen atoms in total. The van der Waals surface area contributed by atoms with E-state index < -0.39 is 0 Å². The Bertz CT molecular complexity index is 640. The number of aromatic nitrogens is 2. The van der Waals surface area contributed by atoms with Gasteiger partial charge in [-0.05, 0) is 38.5 Å². The van der Waals surface area contributed by atoms with Crippen molar-refractivity contribution in [2.24, 2.45) is 0 Å². The van der Waals surface area contributed by atoms with Crippen LogP contribution >= 0.6 is 15.9 Å². The van der Waals surface area contributed by atoms with Gasteiger partial charge in [-0.2, -0.15) is 0 Å². The summed E-state index contributed by atoms with van der Waals surface area (Å²) in [5, 5.41) is 6.74. The summed E-state index contributed by atoms with van der Waals surface area (Å²) in [6, 6.07) is 6.11. The summed E-state index contributed by atoms with van der Waals surface area (Å²) in [6.07, 6.45) is 0.810. The van der Waals surface area contributed by atoms with Crippen molar-refractivity contribution >= 4 is 33.3 Å². The van der Waals surface area contributed by atoms with Crippen molar-refractivity contribution in [1.82, 2.24) is 9.97 Å². The number of nitrogens with one attached hydrogen (secondary N) is 2. The van der Waals surface area contributed by atoms with Crippen molar-refractivity contribution in [3.8, 4) is 0 Å². The fourth-order valence-corrected chi connectivity index (χ4v) is 2.42. The molecule has 112 valence electrons. The molecule has 0 radical (unpaired) electrons. The highest BCUT2D eigenvalue weighted by molar-refractivity contribution is 9.10. The molecular weight excluding hydrogens is 328 g/mol. The molecule has 0 saturated heterocycles. The fourth-order valence-electron chi connectivity index (χ4n) is 2.05. The molecule has 2 rings (SSSR count). The third-order valence-corrected chi connectivity index (χ3v) is 4.23. The largest absolute Gasteiger partial charge is 0.370 e. The molecule has 0 bridgehead atoms. The van der Waals surface area contributed by atoms with Crippen LogP contribution in [0.1, 0.15) is 30.8 Å². The highest BCUT2D eigenvalue weighted by Crippen LogP contribution is 2.28. The standard InChI is InChI=1S/C16H21BrN4/c1-5-14-20-15(18-6-2)11(4)16(21-14)19-13-9-7-8-12(17)10(13)3/h7-9H,5-6H2,1-4H3,(H2,18,19,20,21). The number of hydrogen-bond donors (Lipinski definition) is 2. The van der Waals surface area contributed by atoms with Gasteiger partial charge in [0.25, 0.3) is 0 Å². The Morgan fingerprint density at radius 1 is 1.05 bits per heavy atom. The molecule has 1 heterocycles. The minimum atomic E-state index is 0.810. The van der Waals surface area contributed by atoms with E-state index in [4.69, 9.17) is 0 Å². The summed E-state index contributed by atoms with van der Waals surface area (Å²) in [4.78, 5) is 9.17.